The van der Waals surface area contributed by atoms with Crippen LogP contribution in [0.2, 0.25) is 0 Å². The van der Waals surface area contributed by atoms with E-state index in [4.69, 9.17) is 0 Å². The Labute approximate surface area is 149 Å². The van der Waals surface area contributed by atoms with Gasteiger partial charge in [-0.1, -0.05) is 35.9 Å². The van der Waals surface area contributed by atoms with Gasteiger partial charge in [-0.15, -0.1) is 11.8 Å². The van der Waals surface area contributed by atoms with E-state index >= 15 is 0 Å². The van der Waals surface area contributed by atoms with Crippen LogP contribution in [0.1, 0.15) is 5.56 Å². The molecular formula is C20H26N2OS. The summed E-state index contributed by atoms with van der Waals surface area (Å²) in [5, 5.41) is 10.3. The van der Waals surface area contributed by atoms with Gasteiger partial charge in [0.05, 0.1) is 6.10 Å². The minimum absolute atomic E-state index is 0.278. The Bertz CT molecular complexity index is 609. The van der Waals surface area contributed by atoms with Crippen LogP contribution in [-0.2, 0) is 0 Å². The number of aliphatic hydroxyl groups excluding tert-OH is 1. The predicted octanol–water partition coefficient (Wildman–Crippen LogP) is 3.27. The van der Waals surface area contributed by atoms with E-state index in [-0.39, 0.29) is 6.10 Å². The van der Waals surface area contributed by atoms with Crippen molar-refractivity contribution in [2.24, 2.45) is 0 Å². The number of aliphatic hydroxyl groups is 1. The number of benzene rings is 2. The molecule has 0 amide bonds. The minimum atomic E-state index is -0.278. The lowest BCUT2D eigenvalue weighted by Gasteiger charge is -2.36. The van der Waals surface area contributed by atoms with Crippen molar-refractivity contribution in [1.29, 1.82) is 0 Å². The van der Waals surface area contributed by atoms with Gasteiger partial charge < -0.3 is 10.0 Å². The van der Waals surface area contributed by atoms with Crippen LogP contribution in [0.4, 0.5) is 5.69 Å². The third-order valence-electron chi connectivity index (χ3n) is 4.43. The zero-order valence-electron chi connectivity index (χ0n) is 14.3. The van der Waals surface area contributed by atoms with Crippen molar-refractivity contribution < 1.29 is 5.11 Å². The van der Waals surface area contributed by atoms with Gasteiger partial charge in [-0.25, -0.2) is 0 Å². The van der Waals surface area contributed by atoms with Crippen LogP contribution in [0.15, 0.2) is 59.5 Å². The predicted molar refractivity (Wildman–Crippen MR) is 103 cm³/mol. The number of anilines is 1. The van der Waals surface area contributed by atoms with Crippen LogP contribution in [-0.4, -0.2) is 54.6 Å². The molecule has 0 aliphatic carbocycles. The molecule has 0 saturated carbocycles. The normalized spacial score (nSPS) is 17.0. The topological polar surface area (TPSA) is 26.7 Å². The molecule has 2 aromatic carbocycles. The minimum Gasteiger partial charge on any atom is -0.391 e. The van der Waals surface area contributed by atoms with Gasteiger partial charge >= 0.3 is 0 Å². The number of aryl methyl sites for hydroxylation is 1. The molecule has 0 radical (unpaired) electrons. The summed E-state index contributed by atoms with van der Waals surface area (Å²) in [7, 11) is 0. The fourth-order valence-electron chi connectivity index (χ4n) is 3.01. The summed E-state index contributed by atoms with van der Waals surface area (Å²) in [5.41, 5.74) is 2.57. The zero-order valence-corrected chi connectivity index (χ0v) is 15.1. The molecule has 24 heavy (non-hydrogen) atoms. The first-order valence-corrected chi connectivity index (χ1v) is 9.59. The quantitative estimate of drug-likeness (QED) is 0.815. The number of hydrogen-bond donors (Lipinski definition) is 1. The lowest BCUT2D eigenvalue weighted by Crippen LogP contribution is -2.48. The molecule has 1 saturated heterocycles. The van der Waals surface area contributed by atoms with E-state index < -0.39 is 0 Å². The van der Waals surface area contributed by atoms with Gasteiger partial charge in [-0.3, -0.25) is 4.90 Å². The summed E-state index contributed by atoms with van der Waals surface area (Å²) in [6, 6.07) is 19.1. The van der Waals surface area contributed by atoms with E-state index in [1.54, 1.807) is 11.8 Å². The lowest BCUT2D eigenvalue weighted by atomic mass is 10.2. The second-order valence-corrected chi connectivity index (χ2v) is 7.49. The molecular weight excluding hydrogens is 316 g/mol. The van der Waals surface area contributed by atoms with Crippen LogP contribution in [0.3, 0.4) is 0 Å². The molecule has 2 aromatic rings. The van der Waals surface area contributed by atoms with Crippen molar-refractivity contribution in [2.45, 2.75) is 17.9 Å². The highest BCUT2D eigenvalue weighted by atomic mass is 32.2. The summed E-state index contributed by atoms with van der Waals surface area (Å²) in [5.74, 6) is 0.752. The molecule has 1 heterocycles. The Balaban J connectivity index is 1.40. The Morgan fingerprint density at radius 3 is 2.29 bits per heavy atom. The summed E-state index contributed by atoms with van der Waals surface area (Å²) >= 11 is 1.74. The van der Waals surface area contributed by atoms with Gasteiger partial charge in [0, 0.05) is 49.1 Å². The monoisotopic (exact) mass is 342 g/mol. The number of thioether (sulfide) groups is 1. The second-order valence-electron chi connectivity index (χ2n) is 6.40. The first-order chi connectivity index (χ1) is 11.7. The SMILES string of the molecule is Cc1ccc(SC[C@@H](O)CN2CCN(c3ccccc3)CC2)cc1. The molecule has 0 bridgehead atoms. The summed E-state index contributed by atoms with van der Waals surface area (Å²) < 4.78 is 0. The molecule has 0 unspecified atom stereocenters. The van der Waals surface area contributed by atoms with E-state index in [0.717, 1.165) is 38.5 Å². The molecule has 1 atom stereocenters. The average molecular weight is 343 g/mol. The van der Waals surface area contributed by atoms with Crippen molar-refractivity contribution >= 4 is 17.4 Å². The van der Waals surface area contributed by atoms with Crippen LogP contribution < -0.4 is 4.90 Å². The van der Waals surface area contributed by atoms with Crippen LogP contribution in [0.25, 0.3) is 0 Å². The largest absolute Gasteiger partial charge is 0.391 e. The van der Waals surface area contributed by atoms with Crippen molar-refractivity contribution in [3.8, 4) is 0 Å². The Morgan fingerprint density at radius 2 is 1.62 bits per heavy atom. The molecule has 4 heteroatoms. The number of β-amino-alcohol motifs (C(OH)–C–C–N with tert-alkyl or cyclic N) is 1. The maximum absolute atomic E-state index is 10.3. The van der Waals surface area contributed by atoms with E-state index in [1.165, 1.54) is 16.1 Å². The number of rotatable bonds is 6. The second kappa shape index (κ2) is 8.56. The molecule has 1 aliphatic rings. The van der Waals surface area contributed by atoms with Gasteiger partial charge in [0.15, 0.2) is 0 Å². The first kappa shape index (κ1) is 17.3. The average Bonchev–Trinajstić information content (AvgIpc) is 2.63. The van der Waals surface area contributed by atoms with Gasteiger partial charge in [-0.05, 0) is 31.2 Å². The first-order valence-electron chi connectivity index (χ1n) is 8.60. The molecule has 3 rings (SSSR count). The lowest BCUT2D eigenvalue weighted by molar-refractivity contribution is 0.126. The number of piperazine rings is 1. The molecule has 0 spiro atoms. The third kappa shape index (κ3) is 5.00. The van der Waals surface area contributed by atoms with Crippen LogP contribution in [0, 0.1) is 6.92 Å². The standard InChI is InChI=1S/C20H26N2OS/c1-17-7-9-20(10-8-17)24-16-19(23)15-21-11-13-22(14-12-21)18-5-3-2-4-6-18/h2-10,19,23H,11-16H2,1H3/t19-/m0/s1. The molecule has 0 aromatic heterocycles. The van der Waals surface area contributed by atoms with Crippen molar-refractivity contribution in [3.05, 3.63) is 60.2 Å². The number of nitrogens with zero attached hydrogens (tertiary/aromatic N) is 2. The summed E-state index contributed by atoms with van der Waals surface area (Å²) in [6.45, 7) is 6.95. The fraction of sp³-hybridized carbons (Fsp3) is 0.400. The number of hydrogen-bond acceptors (Lipinski definition) is 4. The fourth-order valence-corrected chi connectivity index (χ4v) is 3.82. The van der Waals surface area contributed by atoms with E-state index in [1.807, 2.05) is 0 Å². The highest BCUT2D eigenvalue weighted by molar-refractivity contribution is 7.99. The Kier molecular flexibility index (Phi) is 6.18. The molecule has 1 fully saturated rings. The highest BCUT2D eigenvalue weighted by Gasteiger charge is 2.19. The summed E-state index contributed by atoms with van der Waals surface area (Å²) in [6.07, 6.45) is -0.278. The molecule has 1 N–H and O–H groups in total. The van der Waals surface area contributed by atoms with Gasteiger partial charge in [0.2, 0.25) is 0 Å². The molecule has 3 nitrogen and oxygen atoms in total. The smallest absolute Gasteiger partial charge is 0.0760 e. The van der Waals surface area contributed by atoms with Crippen molar-refractivity contribution in [2.75, 3.05) is 43.4 Å². The van der Waals surface area contributed by atoms with Crippen LogP contribution >= 0.6 is 11.8 Å². The number of para-hydroxylation sites is 1. The Morgan fingerprint density at radius 1 is 0.958 bits per heavy atom. The molecule has 128 valence electrons. The maximum Gasteiger partial charge on any atom is 0.0760 e. The third-order valence-corrected chi connectivity index (χ3v) is 5.58. The Hall–Kier alpha value is -1.49. The molecule has 1 aliphatic heterocycles. The van der Waals surface area contributed by atoms with E-state index in [9.17, 15) is 5.11 Å². The van der Waals surface area contributed by atoms with Gasteiger partial charge in [-0.2, -0.15) is 0 Å². The summed E-state index contributed by atoms with van der Waals surface area (Å²) in [4.78, 5) is 6.03. The van der Waals surface area contributed by atoms with Gasteiger partial charge in [0.1, 0.15) is 0 Å². The van der Waals surface area contributed by atoms with Crippen molar-refractivity contribution in [3.63, 3.8) is 0 Å². The maximum atomic E-state index is 10.3. The highest BCUT2D eigenvalue weighted by Crippen LogP contribution is 2.20. The van der Waals surface area contributed by atoms with E-state index in [0.29, 0.717) is 0 Å². The zero-order chi connectivity index (χ0) is 16.8. The van der Waals surface area contributed by atoms with E-state index in [2.05, 4.69) is 71.3 Å². The van der Waals surface area contributed by atoms with Gasteiger partial charge in [0.25, 0.3) is 0 Å². The van der Waals surface area contributed by atoms with Crippen LogP contribution in [0.5, 0.6) is 0 Å². The van der Waals surface area contributed by atoms with Crippen molar-refractivity contribution in [1.82, 2.24) is 4.90 Å².